The van der Waals surface area contributed by atoms with Crippen LogP contribution < -0.4 is 0 Å². The van der Waals surface area contributed by atoms with Crippen molar-refractivity contribution in [1.82, 2.24) is 14.8 Å². The number of amides is 1. The molecule has 0 bridgehead atoms. The minimum Gasteiger partial charge on any atom is -0.444 e. The summed E-state index contributed by atoms with van der Waals surface area (Å²) in [6, 6.07) is 3.82. The molecule has 0 saturated carbocycles. The van der Waals surface area contributed by atoms with E-state index in [-0.39, 0.29) is 12.1 Å². The van der Waals surface area contributed by atoms with Crippen LogP contribution in [0.3, 0.4) is 0 Å². The monoisotopic (exact) mass is 325 g/mol. The van der Waals surface area contributed by atoms with Crippen molar-refractivity contribution < 1.29 is 9.53 Å². The van der Waals surface area contributed by atoms with Crippen LogP contribution in [0.15, 0.2) is 18.3 Å². The second kappa shape index (κ2) is 6.84. The highest BCUT2D eigenvalue weighted by atomic mass is 35.5. The van der Waals surface area contributed by atoms with Crippen molar-refractivity contribution in [1.29, 1.82) is 0 Å². The summed E-state index contributed by atoms with van der Waals surface area (Å²) >= 11 is 6.22. The summed E-state index contributed by atoms with van der Waals surface area (Å²) in [5.41, 5.74) is 0.429. The number of hydrogen-bond donors (Lipinski definition) is 0. The number of carbonyl (C=O) groups excluding carboxylic acids is 1. The maximum Gasteiger partial charge on any atom is 0.410 e. The van der Waals surface area contributed by atoms with Gasteiger partial charge in [0.25, 0.3) is 0 Å². The Balaban J connectivity index is 1.92. The van der Waals surface area contributed by atoms with E-state index in [1.54, 1.807) is 11.1 Å². The number of hydrogen-bond acceptors (Lipinski definition) is 4. The van der Waals surface area contributed by atoms with Gasteiger partial charge in [0.1, 0.15) is 5.60 Å². The van der Waals surface area contributed by atoms with E-state index in [2.05, 4.69) is 16.8 Å². The van der Waals surface area contributed by atoms with Crippen LogP contribution in [-0.2, 0) is 4.74 Å². The SMILES string of the molecule is C[C@H](c1ncccc1Cl)N1CCN(C(=O)OC(C)(C)C)CC1. The van der Waals surface area contributed by atoms with E-state index >= 15 is 0 Å². The van der Waals surface area contributed by atoms with Crippen molar-refractivity contribution in [3.05, 3.63) is 29.0 Å². The van der Waals surface area contributed by atoms with Crippen LogP contribution in [0, 0.1) is 0 Å². The molecule has 0 unspecified atom stereocenters. The number of piperazine rings is 1. The van der Waals surface area contributed by atoms with E-state index in [0.717, 1.165) is 18.8 Å². The van der Waals surface area contributed by atoms with Gasteiger partial charge < -0.3 is 9.64 Å². The number of aromatic nitrogens is 1. The predicted octanol–water partition coefficient (Wildman–Crippen LogP) is 3.35. The highest BCUT2D eigenvalue weighted by Crippen LogP contribution is 2.26. The van der Waals surface area contributed by atoms with Gasteiger partial charge >= 0.3 is 6.09 Å². The van der Waals surface area contributed by atoms with Crippen molar-refractivity contribution in [2.24, 2.45) is 0 Å². The fourth-order valence-electron chi connectivity index (χ4n) is 2.50. The molecule has 0 spiro atoms. The zero-order valence-corrected chi connectivity index (χ0v) is 14.4. The maximum absolute atomic E-state index is 12.1. The molecule has 1 aliphatic rings. The normalized spacial score (nSPS) is 18.1. The molecule has 2 rings (SSSR count). The third kappa shape index (κ3) is 4.34. The lowest BCUT2D eigenvalue weighted by Gasteiger charge is -2.38. The first-order valence-electron chi connectivity index (χ1n) is 7.60. The van der Waals surface area contributed by atoms with E-state index in [4.69, 9.17) is 16.3 Å². The Morgan fingerprint density at radius 1 is 1.32 bits per heavy atom. The van der Waals surface area contributed by atoms with Gasteiger partial charge in [-0.3, -0.25) is 9.88 Å². The molecule has 1 saturated heterocycles. The fraction of sp³-hybridized carbons (Fsp3) is 0.625. The molecule has 1 amide bonds. The number of halogens is 1. The van der Waals surface area contributed by atoms with Crippen LogP contribution in [-0.4, -0.2) is 52.7 Å². The third-order valence-electron chi connectivity index (χ3n) is 3.70. The molecule has 2 heterocycles. The van der Waals surface area contributed by atoms with Crippen LogP contribution in [0.2, 0.25) is 5.02 Å². The van der Waals surface area contributed by atoms with Crippen LogP contribution in [0.1, 0.15) is 39.4 Å². The molecule has 22 heavy (non-hydrogen) atoms. The van der Waals surface area contributed by atoms with Gasteiger partial charge in [0.15, 0.2) is 0 Å². The Morgan fingerprint density at radius 2 is 1.95 bits per heavy atom. The molecule has 1 aromatic heterocycles. The van der Waals surface area contributed by atoms with Crippen LogP contribution in [0.4, 0.5) is 4.79 Å². The number of nitrogens with zero attached hydrogens (tertiary/aromatic N) is 3. The Kier molecular flexibility index (Phi) is 5.29. The van der Waals surface area contributed by atoms with E-state index in [0.29, 0.717) is 18.1 Å². The van der Waals surface area contributed by atoms with Gasteiger partial charge in [0.05, 0.1) is 16.8 Å². The zero-order valence-electron chi connectivity index (χ0n) is 13.7. The molecule has 0 aliphatic carbocycles. The molecule has 0 radical (unpaired) electrons. The average Bonchev–Trinajstić information content (AvgIpc) is 2.45. The molecule has 1 aliphatic heterocycles. The summed E-state index contributed by atoms with van der Waals surface area (Å²) < 4.78 is 5.41. The smallest absolute Gasteiger partial charge is 0.410 e. The van der Waals surface area contributed by atoms with Crippen molar-refractivity contribution >= 4 is 17.7 Å². The molecule has 1 fully saturated rings. The highest BCUT2D eigenvalue weighted by Gasteiger charge is 2.28. The molecule has 0 N–H and O–H groups in total. The number of rotatable bonds is 2. The molecule has 6 heteroatoms. The molecule has 122 valence electrons. The van der Waals surface area contributed by atoms with Crippen molar-refractivity contribution in [2.75, 3.05) is 26.2 Å². The summed E-state index contributed by atoms with van der Waals surface area (Å²) in [6.07, 6.45) is 1.52. The Morgan fingerprint density at radius 3 is 2.50 bits per heavy atom. The maximum atomic E-state index is 12.1. The standard InChI is InChI=1S/C16H24ClN3O2/c1-12(14-13(17)6-5-7-18-14)19-8-10-20(11-9-19)15(21)22-16(2,3)4/h5-7,12H,8-11H2,1-4H3/t12-/m1/s1. The van der Waals surface area contributed by atoms with Gasteiger partial charge in [-0.25, -0.2) is 4.79 Å². The van der Waals surface area contributed by atoms with Crippen LogP contribution in [0.5, 0.6) is 0 Å². The quantitative estimate of drug-likeness (QED) is 0.836. The van der Waals surface area contributed by atoms with Gasteiger partial charge in [-0.1, -0.05) is 11.6 Å². The third-order valence-corrected chi connectivity index (χ3v) is 4.02. The zero-order chi connectivity index (χ0) is 16.3. The minimum atomic E-state index is -0.455. The van der Waals surface area contributed by atoms with E-state index in [9.17, 15) is 4.79 Å². The van der Waals surface area contributed by atoms with E-state index in [1.807, 2.05) is 32.9 Å². The molecule has 0 aromatic carbocycles. The van der Waals surface area contributed by atoms with Crippen molar-refractivity contribution in [3.63, 3.8) is 0 Å². The number of carbonyl (C=O) groups is 1. The average molecular weight is 326 g/mol. The van der Waals surface area contributed by atoms with E-state index < -0.39 is 5.60 Å². The molecule has 5 nitrogen and oxygen atoms in total. The number of ether oxygens (including phenoxy) is 1. The molecule has 1 atom stereocenters. The van der Waals surface area contributed by atoms with Crippen LogP contribution >= 0.6 is 11.6 Å². The Hall–Kier alpha value is -1.33. The first kappa shape index (κ1) is 17.0. The largest absolute Gasteiger partial charge is 0.444 e. The Bertz CT molecular complexity index is 522. The topological polar surface area (TPSA) is 45.7 Å². The predicted molar refractivity (Wildman–Crippen MR) is 87.0 cm³/mol. The second-order valence-electron chi connectivity index (χ2n) is 6.55. The lowest BCUT2D eigenvalue weighted by Crippen LogP contribution is -2.50. The summed E-state index contributed by atoms with van der Waals surface area (Å²) in [4.78, 5) is 20.5. The van der Waals surface area contributed by atoms with Gasteiger partial charge in [-0.15, -0.1) is 0 Å². The van der Waals surface area contributed by atoms with Crippen molar-refractivity contribution in [2.45, 2.75) is 39.3 Å². The Labute approximate surface area is 137 Å². The highest BCUT2D eigenvalue weighted by molar-refractivity contribution is 6.31. The summed E-state index contributed by atoms with van der Waals surface area (Å²) in [5.74, 6) is 0. The van der Waals surface area contributed by atoms with Gasteiger partial charge in [0, 0.05) is 32.4 Å². The van der Waals surface area contributed by atoms with Gasteiger partial charge in [-0.2, -0.15) is 0 Å². The first-order chi connectivity index (χ1) is 10.3. The van der Waals surface area contributed by atoms with Crippen molar-refractivity contribution in [3.8, 4) is 0 Å². The van der Waals surface area contributed by atoms with Gasteiger partial charge in [-0.05, 0) is 39.8 Å². The number of pyridine rings is 1. The summed E-state index contributed by atoms with van der Waals surface area (Å²) in [6.45, 7) is 10.6. The van der Waals surface area contributed by atoms with E-state index in [1.165, 1.54) is 0 Å². The fourth-order valence-corrected chi connectivity index (χ4v) is 2.78. The van der Waals surface area contributed by atoms with Gasteiger partial charge in [0.2, 0.25) is 0 Å². The second-order valence-corrected chi connectivity index (χ2v) is 6.96. The molecular formula is C16H24ClN3O2. The summed E-state index contributed by atoms with van der Waals surface area (Å²) in [7, 11) is 0. The molecule has 1 aromatic rings. The van der Waals surface area contributed by atoms with Crippen LogP contribution in [0.25, 0.3) is 0 Å². The lowest BCUT2D eigenvalue weighted by atomic mass is 10.1. The minimum absolute atomic E-state index is 0.134. The molecular weight excluding hydrogens is 302 g/mol. The first-order valence-corrected chi connectivity index (χ1v) is 7.98. The summed E-state index contributed by atoms with van der Waals surface area (Å²) in [5, 5.41) is 0.685. The lowest BCUT2D eigenvalue weighted by molar-refractivity contribution is 0.0108.